The Labute approximate surface area is 132 Å². The van der Waals surface area contributed by atoms with Gasteiger partial charge in [-0.05, 0) is 39.2 Å². The van der Waals surface area contributed by atoms with Gasteiger partial charge in [-0.25, -0.2) is 0 Å². The van der Waals surface area contributed by atoms with Gasteiger partial charge in [0.05, 0.1) is 0 Å². The van der Waals surface area contributed by atoms with Crippen LogP contribution < -0.4 is 16.8 Å². The van der Waals surface area contributed by atoms with E-state index < -0.39 is 24.0 Å². The minimum atomic E-state index is -0.933. The van der Waals surface area contributed by atoms with Crippen LogP contribution in [0.4, 0.5) is 0 Å². The van der Waals surface area contributed by atoms with Crippen LogP contribution in [0.3, 0.4) is 0 Å². The first-order valence-corrected chi connectivity index (χ1v) is 8.05. The number of nitrogens with one attached hydrogen (secondary N) is 1. The summed E-state index contributed by atoms with van der Waals surface area (Å²) in [4.78, 5) is 20.6. The highest BCUT2D eigenvalue weighted by Crippen LogP contribution is 2.17. The third-order valence-electron chi connectivity index (χ3n) is 3.75. The lowest BCUT2D eigenvalue weighted by Crippen LogP contribution is -2.42. The third-order valence-corrected chi connectivity index (χ3v) is 3.75. The second kappa shape index (κ2) is 12.4. The predicted molar refractivity (Wildman–Crippen MR) is 85.6 cm³/mol. The quantitative estimate of drug-likeness (QED) is 0.419. The monoisotopic (exact) mass is 317 g/mol. The van der Waals surface area contributed by atoms with Crippen LogP contribution in [-0.4, -0.2) is 46.8 Å². The zero-order valence-electron chi connectivity index (χ0n) is 13.5. The number of carboxylic acid groups (broad SMARTS) is 2. The molecule has 0 aromatic heterocycles. The Morgan fingerprint density at radius 2 is 1.73 bits per heavy atom. The topological polar surface area (TPSA) is 139 Å². The first-order valence-electron chi connectivity index (χ1n) is 8.05. The molecule has 0 heterocycles. The number of nitrogens with two attached hydrogens (primary N) is 2. The van der Waals surface area contributed by atoms with E-state index in [-0.39, 0.29) is 0 Å². The van der Waals surface area contributed by atoms with Gasteiger partial charge in [0.2, 0.25) is 0 Å². The zero-order chi connectivity index (χ0) is 17.0. The lowest BCUT2D eigenvalue weighted by Gasteiger charge is -2.24. The molecule has 0 aromatic carbocycles. The second-order valence-corrected chi connectivity index (χ2v) is 5.79. The van der Waals surface area contributed by atoms with Gasteiger partial charge in [-0.3, -0.25) is 9.59 Å². The fraction of sp³-hybridized carbons (Fsp3) is 0.867. The van der Waals surface area contributed by atoms with Crippen LogP contribution in [0, 0.1) is 0 Å². The van der Waals surface area contributed by atoms with E-state index in [4.69, 9.17) is 21.7 Å². The van der Waals surface area contributed by atoms with Crippen molar-refractivity contribution in [3.8, 4) is 0 Å². The maximum absolute atomic E-state index is 10.5. The smallest absolute Gasteiger partial charge is 0.320 e. The fourth-order valence-corrected chi connectivity index (χ4v) is 2.33. The number of hydrogen-bond donors (Lipinski definition) is 5. The number of aliphatic carboxylic acids is 2. The molecule has 0 aromatic rings. The summed E-state index contributed by atoms with van der Waals surface area (Å²) in [6, 6.07) is -0.676. The Bertz CT molecular complexity index is 320. The van der Waals surface area contributed by atoms with Crippen LogP contribution in [0.25, 0.3) is 0 Å². The number of unbranched alkanes of at least 4 members (excludes halogenated alkanes) is 1. The predicted octanol–water partition coefficient (Wildman–Crippen LogP) is 0.909. The SMILES string of the molecule is C[C@H](NC1CCCCC1)C(=O)O.NCCCC[C@H](N)C(=O)O. The molecule has 0 bridgehead atoms. The first-order chi connectivity index (χ1) is 10.4. The Hall–Kier alpha value is -1.18. The van der Waals surface area contributed by atoms with Gasteiger partial charge < -0.3 is 27.0 Å². The van der Waals surface area contributed by atoms with Crippen molar-refractivity contribution in [3.63, 3.8) is 0 Å². The van der Waals surface area contributed by atoms with Crippen molar-refractivity contribution in [1.82, 2.24) is 5.32 Å². The molecule has 2 atom stereocenters. The van der Waals surface area contributed by atoms with Crippen LogP contribution >= 0.6 is 0 Å². The van der Waals surface area contributed by atoms with Gasteiger partial charge in [0.15, 0.2) is 0 Å². The van der Waals surface area contributed by atoms with Gasteiger partial charge in [0, 0.05) is 6.04 Å². The van der Waals surface area contributed by atoms with Crippen molar-refractivity contribution in [2.24, 2.45) is 11.5 Å². The highest BCUT2D eigenvalue weighted by Gasteiger charge is 2.18. The molecule has 0 unspecified atom stereocenters. The van der Waals surface area contributed by atoms with Crippen molar-refractivity contribution in [3.05, 3.63) is 0 Å². The van der Waals surface area contributed by atoms with E-state index in [0.717, 1.165) is 25.7 Å². The van der Waals surface area contributed by atoms with E-state index in [1.807, 2.05) is 0 Å². The van der Waals surface area contributed by atoms with Crippen molar-refractivity contribution < 1.29 is 19.8 Å². The minimum absolute atomic E-state index is 0.395. The number of carboxylic acids is 2. The molecule has 0 amide bonds. The lowest BCUT2D eigenvalue weighted by molar-refractivity contribution is -0.140. The minimum Gasteiger partial charge on any atom is -0.480 e. The Morgan fingerprint density at radius 1 is 1.14 bits per heavy atom. The van der Waals surface area contributed by atoms with E-state index in [1.54, 1.807) is 6.92 Å². The van der Waals surface area contributed by atoms with E-state index in [2.05, 4.69) is 5.32 Å². The van der Waals surface area contributed by atoms with E-state index in [9.17, 15) is 9.59 Å². The maximum atomic E-state index is 10.5. The maximum Gasteiger partial charge on any atom is 0.320 e. The molecule has 0 spiro atoms. The molecule has 0 radical (unpaired) electrons. The summed E-state index contributed by atoms with van der Waals surface area (Å²) in [5.74, 6) is -1.68. The molecule has 1 fully saturated rings. The van der Waals surface area contributed by atoms with Crippen LogP contribution in [0.5, 0.6) is 0 Å². The summed E-state index contributed by atoms with van der Waals surface area (Å²) in [7, 11) is 0. The average molecular weight is 317 g/mol. The molecule has 0 aliphatic heterocycles. The van der Waals surface area contributed by atoms with Gasteiger partial charge in [0.1, 0.15) is 12.1 Å². The molecule has 1 rings (SSSR count). The Morgan fingerprint density at radius 3 is 2.18 bits per heavy atom. The lowest BCUT2D eigenvalue weighted by atomic mass is 9.95. The highest BCUT2D eigenvalue weighted by atomic mass is 16.4. The molecule has 1 aliphatic rings. The summed E-state index contributed by atoms with van der Waals surface area (Å²) in [5, 5.41) is 20.1. The highest BCUT2D eigenvalue weighted by molar-refractivity contribution is 5.73. The largest absolute Gasteiger partial charge is 0.480 e. The van der Waals surface area contributed by atoms with Crippen molar-refractivity contribution in [2.45, 2.75) is 76.4 Å². The van der Waals surface area contributed by atoms with Gasteiger partial charge >= 0.3 is 11.9 Å². The average Bonchev–Trinajstić information content (AvgIpc) is 2.48. The second-order valence-electron chi connectivity index (χ2n) is 5.79. The van der Waals surface area contributed by atoms with Gasteiger partial charge in [-0.2, -0.15) is 0 Å². The summed E-state index contributed by atoms with van der Waals surface area (Å²) in [6.45, 7) is 2.31. The number of hydrogen-bond acceptors (Lipinski definition) is 5. The van der Waals surface area contributed by atoms with Crippen molar-refractivity contribution in [1.29, 1.82) is 0 Å². The van der Waals surface area contributed by atoms with Crippen LogP contribution in [0.2, 0.25) is 0 Å². The normalized spacial score (nSPS) is 18.0. The zero-order valence-corrected chi connectivity index (χ0v) is 13.5. The standard InChI is InChI=1S/C9H17NO2.C6H14N2O2/c1-7(9(11)12)10-8-5-3-2-4-6-8;7-4-2-1-3-5(8)6(9)10/h7-8,10H,2-6H2,1H3,(H,11,12);5H,1-4,7-8H2,(H,9,10)/t7-;5-/m00/s1. The summed E-state index contributed by atoms with van der Waals surface area (Å²) < 4.78 is 0. The Kier molecular flexibility index (Phi) is 11.7. The molecule has 7 N–H and O–H groups in total. The number of rotatable bonds is 8. The van der Waals surface area contributed by atoms with Gasteiger partial charge in [0.25, 0.3) is 0 Å². The van der Waals surface area contributed by atoms with Crippen LogP contribution in [0.15, 0.2) is 0 Å². The molecule has 0 saturated heterocycles. The summed E-state index contributed by atoms with van der Waals surface area (Å²) in [6.07, 6.45) is 8.22. The van der Waals surface area contributed by atoms with Crippen LogP contribution in [-0.2, 0) is 9.59 Å². The van der Waals surface area contributed by atoms with E-state index in [1.165, 1.54) is 19.3 Å². The first kappa shape index (κ1) is 20.8. The van der Waals surface area contributed by atoms with E-state index in [0.29, 0.717) is 19.0 Å². The van der Waals surface area contributed by atoms with Crippen molar-refractivity contribution >= 4 is 11.9 Å². The molecule has 1 saturated carbocycles. The molecular weight excluding hydrogens is 286 g/mol. The van der Waals surface area contributed by atoms with E-state index >= 15 is 0 Å². The molecule has 130 valence electrons. The molecule has 7 heteroatoms. The Balaban J connectivity index is 0.000000409. The number of carbonyl (C=O) groups is 2. The third kappa shape index (κ3) is 10.5. The molecule has 22 heavy (non-hydrogen) atoms. The molecular formula is C15H31N3O4. The van der Waals surface area contributed by atoms with Crippen LogP contribution in [0.1, 0.15) is 58.3 Å². The fourth-order valence-electron chi connectivity index (χ4n) is 2.33. The molecule has 1 aliphatic carbocycles. The van der Waals surface area contributed by atoms with Crippen molar-refractivity contribution in [2.75, 3.05) is 6.54 Å². The summed E-state index contributed by atoms with van der Waals surface area (Å²) in [5.41, 5.74) is 10.4. The molecule has 7 nitrogen and oxygen atoms in total. The van der Waals surface area contributed by atoms with Gasteiger partial charge in [-0.15, -0.1) is 0 Å². The summed E-state index contributed by atoms with van der Waals surface area (Å²) >= 11 is 0. The van der Waals surface area contributed by atoms with Gasteiger partial charge in [-0.1, -0.05) is 25.7 Å².